The van der Waals surface area contributed by atoms with Crippen LogP contribution in [0.15, 0.2) is 30.6 Å². The Morgan fingerprint density at radius 3 is 2.55 bits per heavy atom. The molecule has 176 valence electrons. The summed E-state index contributed by atoms with van der Waals surface area (Å²) in [5.74, 6) is 0.102. The lowest BCUT2D eigenvalue weighted by Gasteiger charge is -2.43. The highest BCUT2D eigenvalue weighted by Crippen LogP contribution is 2.40. The molecule has 1 unspecified atom stereocenters. The zero-order chi connectivity index (χ0) is 22.8. The van der Waals surface area contributed by atoms with Crippen molar-refractivity contribution < 1.29 is 14.7 Å². The lowest BCUT2D eigenvalue weighted by molar-refractivity contribution is 0.0451. The molecule has 0 spiro atoms. The topological polar surface area (TPSA) is 89.5 Å². The highest BCUT2D eigenvalue weighted by Gasteiger charge is 2.40. The molecule has 3 aliphatic rings. The predicted molar refractivity (Wildman–Crippen MR) is 125 cm³/mol. The zero-order valence-corrected chi connectivity index (χ0v) is 19.2. The molecule has 33 heavy (non-hydrogen) atoms. The third-order valence-corrected chi connectivity index (χ3v) is 7.91. The molecule has 2 aliphatic heterocycles. The number of aromatic amines is 1. The number of H-pyrrole nitrogens is 1. The van der Waals surface area contributed by atoms with E-state index in [2.05, 4.69) is 14.9 Å². The van der Waals surface area contributed by atoms with E-state index in [0.717, 1.165) is 49.7 Å². The molecule has 1 amide bonds. The van der Waals surface area contributed by atoms with E-state index in [-0.39, 0.29) is 17.5 Å². The van der Waals surface area contributed by atoms with Gasteiger partial charge in [-0.3, -0.25) is 4.79 Å². The smallest absolute Gasteiger partial charge is 0.335 e. The van der Waals surface area contributed by atoms with Gasteiger partial charge in [-0.25, -0.2) is 9.78 Å². The minimum absolute atomic E-state index is 0.0576. The Bertz CT molecular complexity index is 989. The monoisotopic (exact) mass is 450 g/mol. The summed E-state index contributed by atoms with van der Waals surface area (Å²) in [7, 11) is 0. The number of benzene rings is 1. The van der Waals surface area contributed by atoms with Crippen molar-refractivity contribution in [2.75, 3.05) is 26.2 Å². The number of carboxylic acids is 1. The number of carbonyl (C=O) groups excluding carboxylic acids is 1. The maximum atomic E-state index is 13.6. The van der Waals surface area contributed by atoms with Gasteiger partial charge in [0.05, 0.1) is 23.6 Å². The number of piperidine rings is 1. The van der Waals surface area contributed by atoms with Gasteiger partial charge in [-0.2, -0.15) is 0 Å². The number of aromatic nitrogens is 2. The SMILES string of the molecule is O=C(O)c1cccc(C(=O)N2CCc3[nH]cnc3C2C2CCN(CC3CCCCC3)CC2)c1. The quantitative estimate of drug-likeness (QED) is 0.715. The van der Waals surface area contributed by atoms with Crippen molar-refractivity contribution in [2.24, 2.45) is 11.8 Å². The molecule has 0 bridgehead atoms. The van der Waals surface area contributed by atoms with Gasteiger partial charge in [0.25, 0.3) is 5.91 Å². The van der Waals surface area contributed by atoms with E-state index in [1.807, 2.05) is 4.90 Å². The number of nitrogens with one attached hydrogen (secondary N) is 1. The molecule has 7 heteroatoms. The average molecular weight is 451 g/mol. The Kier molecular flexibility index (Phi) is 6.49. The number of amides is 1. The number of carboxylic acid groups (broad SMARTS) is 1. The van der Waals surface area contributed by atoms with E-state index in [1.165, 1.54) is 50.8 Å². The van der Waals surface area contributed by atoms with E-state index >= 15 is 0 Å². The first-order valence-corrected chi connectivity index (χ1v) is 12.5. The van der Waals surface area contributed by atoms with Gasteiger partial charge >= 0.3 is 5.97 Å². The predicted octanol–water partition coefficient (Wildman–Crippen LogP) is 4.14. The van der Waals surface area contributed by atoms with Crippen LogP contribution in [0.1, 0.15) is 83.1 Å². The molecular formula is C26H34N4O3. The van der Waals surface area contributed by atoms with E-state index < -0.39 is 5.97 Å². The first-order chi connectivity index (χ1) is 16.1. The molecule has 1 atom stereocenters. The van der Waals surface area contributed by atoms with Crippen LogP contribution in [0.5, 0.6) is 0 Å². The molecule has 7 nitrogen and oxygen atoms in total. The number of nitrogens with zero attached hydrogens (tertiary/aromatic N) is 3. The lowest BCUT2D eigenvalue weighted by Crippen LogP contribution is -2.47. The highest BCUT2D eigenvalue weighted by atomic mass is 16.4. The summed E-state index contributed by atoms with van der Waals surface area (Å²) in [4.78, 5) is 37.5. The summed E-state index contributed by atoms with van der Waals surface area (Å²) >= 11 is 0. The molecule has 3 heterocycles. The van der Waals surface area contributed by atoms with Crippen molar-refractivity contribution in [3.8, 4) is 0 Å². The standard InChI is InChI=1S/C26H34N4O3/c31-25(20-7-4-8-21(15-20)26(32)33)30-14-11-22-23(28-17-27-22)24(30)19-9-12-29(13-10-19)16-18-5-2-1-3-6-18/h4,7-8,15,17-19,24H,1-3,5-6,9-14,16H2,(H,27,28)(H,32,33). The fourth-order valence-corrected chi connectivity index (χ4v) is 6.15. The van der Waals surface area contributed by atoms with Crippen LogP contribution in [0.2, 0.25) is 0 Å². The molecular weight excluding hydrogens is 416 g/mol. The number of aromatic carboxylic acids is 1. The fraction of sp³-hybridized carbons (Fsp3) is 0.577. The number of carbonyl (C=O) groups is 2. The number of hydrogen-bond donors (Lipinski definition) is 2. The van der Waals surface area contributed by atoms with Gasteiger partial charge in [-0.1, -0.05) is 25.3 Å². The second kappa shape index (κ2) is 9.67. The molecule has 2 aromatic rings. The second-order valence-electron chi connectivity index (χ2n) is 9.99. The summed E-state index contributed by atoms with van der Waals surface area (Å²) in [5, 5.41) is 9.36. The minimum Gasteiger partial charge on any atom is -0.478 e. The Morgan fingerprint density at radius 2 is 1.79 bits per heavy atom. The molecule has 5 rings (SSSR count). The first-order valence-electron chi connectivity index (χ1n) is 12.5. The van der Waals surface area contributed by atoms with Gasteiger partial charge in [0.1, 0.15) is 0 Å². The normalized spacial score (nSPS) is 22.8. The van der Waals surface area contributed by atoms with Crippen LogP contribution in [-0.4, -0.2) is 62.9 Å². The highest BCUT2D eigenvalue weighted by molar-refractivity contribution is 5.97. The Morgan fingerprint density at radius 1 is 1.03 bits per heavy atom. The summed E-state index contributed by atoms with van der Waals surface area (Å²) in [6, 6.07) is 6.34. The molecule has 0 radical (unpaired) electrons. The van der Waals surface area contributed by atoms with Crippen LogP contribution >= 0.6 is 0 Å². The van der Waals surface area contributed by atoms with Crippen molar-refractivity contribution in [3.63, 3.8) is 0 Å². The largest absolute Gasteiger partial charge is 0.478 e. The van der Waals surface area contributed by atoms with E-state index in [0.29, 0.717) is 18.0 Å². The van der Waals surface area contributed by atoms with Crippen LogP contribution in [-0.2, 0) is 6.42 Å². The number of imidazole rings is 1. The number of rotatable bonds is 5. The van der Waals surface area contributed by atoms with E-state index in [4.69, 9.17) is 0 Å². The molecule has 1 aliphatic carbocycles. The third kappa shape index (κ3) is 4.69. The Hall–Kier alpha value is -2.67. The van der Waals surface area contributed by atoms with Crippen LogP contribution in [0.4, 0.5) is 0 Å². The van der Waals surface area contributed by atoms with Gasteiger partial charge in [-0.05, 0) is 68.8 Å². The van der Waals surface area contributed by atoms with Crippen molar-refractivity contribution in [1.82, 2.24) is 19.8 Å². The number of hydrogen-bond acceptors (Lipinski definition) is 4. The number of likely N-dealkylation sites (tertiary alicyclic amines) is 1. The van der Waals surface area contributed by atoms with Crippen LogP contribution in [0.3, 0.4) is 0 Å². The van der Waals surface area contributed by atoms with Crippen molar-refractivity contribution in [1.29, 1.82) is 0 Å². The number of fused-ring (bicyclic) bond motifs is 1. The molecule has 2 fully saturated rings. The molecule has 1 aromatic heterocycles. The van der Waals surface area contributed by atoms with Crippen molar-refractivity contribution in [3.05, 3.63) is 53.1 Å². The average Bonchev–Trinajstić information content (AvgIpc) is 3.33. The second-order valence-corrected chi connectivity index (χ2v) is 9.99. The first kappa shape index (κ1) is 22.1. The summed E-state index contributed by atoms with van der Waals surface area (Å²) in [5.41, 5.74) is 2.71. The Labute approximate surface area is 195 Å². The van der Waals surface area contributed by atoms with Crippen LogP contribution in [0.25, 0.3) is 0 Å². The Balaban J connectivity index is 1.32. The molecule has 1 saturated heterocycles. The van der Waals surface area contributed by atoms with Gasteiger partial charge in [0.2, 0.25) is 0 Å². The van der Waals surface area contributed by atoms with Gasteiger partial charge in [-0.15, -0.1) is 0 Å². The minimum atomic E-state index is -1.01. The molecule has 1 saturated carbocycles. The van der Waals surface area contributed by atoms with E-state index in [1.54, 1.807) is 18.5 Å². The molecule has 1 aromatic carbocycles. The maximum absolute atomic E-state index is 13.6. The van der Waals surface area contributed by atoms with Gasteiger partial charge in [0, 0.05) is 30.8 Å². The maximum Gasteiger partial charge on any atom is 0.335 e. The van der Waals surface area contributed by atoms with Gasteiger partial charge in [0.15, 0.2) is 0 Å². The van der Waals surface area contributed by atoms with Crippen molar-refractivity contribution in [2.45, 2.75) is 57.4 Å². The lowest BCUT2D eigenvalue weighted by atomic mass is 9.82. The van der Waals surface area contributed by atoms with Crippen LogP contribution < -0.4 is 0 Å². The van der Waals surface area contributed by atoms with E-state index in [9.17, 15) is 14.7 Å². The molecule has 2 N–H and O–H groups in total. The van der Waals surface area contributed by atoms with Gasteiger partial charge < -0.3 is 19.9 Å². The van der Waals surface area contributed by atoms with Crippen LogP contribution in [0, 0.1) is 11.8 Å². The zero-order valence-electron chi connectivity index (χ0n) is 19.2. The summed E-state index contributed by atoms with van der Waals surface area (Å²) < 4.78 is 0. The van der Waals surface area contributed by atoms with Crippen molar-refractivity contribution >= 4 is 11.9 Å². The summed E-state index contributed by atoms with van der Waals surface area (Å²) in [6.07, 6.45) is 11.5. The summed E-state index contributed by atoms with van der Waals surface area (Å²) in [6.45, 7) is 4.00. The fourth-order valence-electron chi connectivity index (χ4n) is 6.15. The third-order valence-electron chi connectivity index (χ3n) is 7.91.